The Hall–Kier alpha value is -2.34. The monoisotopic (exact) mass is 338 g/mol. The second-order valence-electron chi connectivity index (χ2n) is 9.90. The van der Waals surface area contributed by atoms with Crippen molar-refractivity contribution in [3.8, 4) is 11.1 Å². The third-order valence-corrected chi connectivity index (χ3v) is 6.01. The van der Waals surface area contributed by atoms with E-state index in [2.05, 4.69) is 90.1 Å². The summed E-state index contributed by atoms with van der Waals surface area (Å²) >= 11 is 0. The van der Waals surface area contributed by atoms with E-state index in [0.717, 1.165) is 0 Å². The molecule has 0 saturated heterocycles. The summed E-state index contributed by atoms with van der Waals surface area (Å²) in [6.45, 7) is 14.0. The van der Waals surface area contributed by atoms with Crippen LogP contribution in [0.2, 0.25) is 0 Å². The largest absolute Gasteiger partial charge is 0.0572 e. The smallest absolute Gasteiger partial charge is 0.00141 e. The molecule has 0 spiro atoms. The zero-order valence-electron chi connectivity index (χ0n) is 16.6. The second-order valence-corrected chi connectivity index (χ2v) is 9.90. The molecule has 0 heterocycles. The maximum absolute atomic E-state index is 2.36. The first-order chi connectivity index (χ1) is 12.2. The van der Waals surface area contributed by atoms with Gasteiger partial charge in [-0.25, -0.2) is 0 Å². The maximum atomic E-state index is 2.36. The molecule has 26 heavy (non-hydrogen) atoms. The first-order valence-electron chi connectivity index (χ1n) is 9.64. The number of fused-ring (bicyclic) bond motifs is 1. The highest BCUT2D eigenvalue weighted by atomic mass is 14.3. The van der Waals surface area contributed by atoms with Crippen molar-refractivity contribution in [3.05, 3.63) is 59.7 Å². The average Bonchev–Trinajstić information content (AvgIpc) is 2.91. The van der Waals surface area contributed by atoms with Crippen LogP contribution in [0.1, 0.15) is 52.7 Å². The SMILES string of the molecule is CC(C)(C)c1ccc2ccc3ccc4ccc(C(C)(C)C)c5c4c3c2c1-5. The van der Waals surface area contributed by atoms with E-state index >= 15 is 0 Å². The molecule has 0 bridgehead atoms. The van der Waals surface area contributed by atoms with Crippen molar-refractivity contribution >= 4 is 32.3 Å². The Bertz CT molecular complexity index is 1130. The molecule has 0 aliphatic heterocycles. The van der Waals surface area contributed by atoms with Crippen LogP contribution in [-0.2, 0) is 10.8 Å². The lowest BCUT2D eigenvalue weighted by Crippen LogP contribution is -2.16. The minimum Gasteiger partial charge on any atom is -0.0572 e. The van der Waals surface area contributed by atoms with E-state index in [1.165, 1.54) is 54.6 Å². The summed E-state index contributed by atoms with van der Waals surface area (Å²) in [7, 11) is 0. The average molecular weight is 338 g/mol. The van der Waals surface area contributed by atoms with Crippen molar-refractivity contribution in [1.29, 1.82) is 0 Å². The minimum atomic E-state index is 0.116. The normalized spacial score (nSPS) is 13.8. The molecule has 4 aromatic rings. The number of benzene rings is 4. The van der Waals surface area contributed by atoms with Gasteiger partial charge in [0.05, 0.1) is 0 Å². The summed E-state index contributed by atoms with van der Waals surface area (Å²) < 4.78 is 0. The van der Waals surface area contributed by atoms with Gasteiger partial charge in [-0.1, -0.05) is 90.1 Å². The van der Waals surface area contributed by atoms with E-state index in [0.29, 0.717) is 0 Å². The van der Waals surface area contributed by atoms with Crippen LogP contribution in [0.25, 0.3) is 43.4 Å². The Labute approximate surface area is 155 Å². The van der Waals surface area contributed by atoms with E-state index in [9.17, 15) is 0 Å². The van der Waals surface area contributed by atoms with Gasteiger partial charge in [-0.05, 0) is 65.4 Å². The fourth-order valence-electron chi connectivity index (χ4n) is 4.82. The second kappa shape index (κ2) is 4.68. The molecule has 0 atom stereocenters. The standard InChI is InChI=1S/C26H26/c1-25(2,3)18-13-11-16-9-7-15-8-10-17-12-14-19(26(4,5)6)24-22(17)20(15)21(16)23(18)24/h7-14H,1-6H3. The van der Waals surface area contributed by atoms with Crippen LogP contribution in [0, 0.1) is 0 Å². The van der Waals surface area contributed by atoms with Gasteiger partial charge < -0.3 is 0 Å². The predicted molar refractivity (Wildman–Crippen MR) is 115 cm³/mol. The molecule has 130 valence electrons. The Kier molecular flexibility index (Phi) is 2.86. The highest BCUT2D eigenvalue weighted by molar-refractivity contribution is 6.33. The molecule has 5 rings (SSSR count). The summed E-state index contributed by atoms with van der Waals surface area (Å²) in [5, 5.41) is 8.48. The summed E-state index contributed by atoms with van der Waals surface area (Å²) in [5.74, 6) is 0. The van der Waals surface area contributed by atoms with Gasteiger partial charge in [-0.2, -0.15) is 0 Å². The van der Waals surface area contributed by atoms with Gasteiger partial charge in [0.1, 0.15) is 0 Å². The van der Waals surface area contributed by atoms with Crippen LogP contribution in [-0.4, -0.2) is 0 Å². The zero-order chi connectivity index (χ0) is 18.4. The molecule has 0 amide bonds. The Balaban J connectivity index is 2.14. The van der Waals surface area contributed by atoms with E-state index < -0.39 is 0 Å². The van der Waals surface area contributed by atoms with E-state index in [1.807, 2.05) is 0 Å². The molecule has 0 fully saturated rings. The van der Waals surface area contributed by atoms with Crippen molar-refractivity contribution in [1.82, 2.24) is 0 Å². The predicted octanol–water partition coefficient (Wildman–Crippen LogP) is 7.72. The molecule has 4 aromatic carbocycles. The molecule has 0 nitrogen and oxygen atoms in total. The maximum Gasteiger partial charge on any atom is -0.00141 e. The van der Waals surface area contributed by atoms with Crippen molar-refractivity contribution in [2.75, 3.05) is 0 Å². The van der Waals surface area contributed by atoms with Gasteiger partial charge >= 0.3 is 0 Å². The van der Waals surface area contributed by atoms with E-state index in [-0.39, 0.29) is 10.8 Å². The Morgan fingerprint density at radius 2 is 0.731 bits per heavy atom. The van der Waals surface area contributed by atoms with Crippen LogP contribution in [0.5, 0.6) is 0 Å². The van der Waals surface area contributed by atoms with Crippen LogP contribution in [0.3, 0.4) is 0 Å². The van der Waals surface area contributed by atoms with Gasteiger partial charge in [0.2, 0.25) is 0 Å². The molecular formula is C26H26. The molecule has 0 radical (unpaired) electrons. The van der Waals surface area contributed by atoms with Gasteiger partial charge in [0.15, 0.2) is 0 Å². The molecule has 0 aromatic heterocycles. The first-order valence-corrected chi connectivity index (χ1v) is 9.64. The topological polar surface area (TPSA) is 0 Å². The lowest BCUT2D eigenvalue weighted by Gasteiger charge is -2.27. The summed E-state index contributed by atoms with van der Waals surface area (Å²) in [4.78, 5) is 0. The molecule has 1 aliphatic carbocycles. The fraction of sp³-hybridized carbons (Fsp3) is 0.308. The van der Waals surface area contributed by atoms with Crippen molar-refractivity contribution in [2.24, 2.45) is 0 Å². The van der Waals surface area contributed by atoms with Crippen LogP contribution in [0.15, 0.2) is 48.5 Å². The van der Waals surface area contributed by atoms with Crippen LogP contribution >= 0.6 is 0 Å². The van der Waals surface area contributed by atoms with Gasteiger partial charge in [0, 0.05) is 0 Å². The third kappa shape index (κ3) is 1.91. The molecule has 0 unspecified atom stereocenters. The molecule has 0 saturated carbocycles. The fourth-order valence-corrected chi connectivity index (χ4v) is 4.82. The van der Waals surface area contributed by atoms with Crippen molar-refractivity contribution in [2.45, 2.75) is 52.4 Å². The summed E-state index contributed by atoms with van der Waals surface area (Å²) in [5.41, 5.74) is 6.13. The molecule has 0 heteroatoms. The van der Waals surface area contributed by atoms with Crippen molar-refractivity contribution in [3.63, 3.8) is 0 Å². The van der Waals surface area contributed by atoms with Gasteiger partial charge in [-0.3, -0.25) is 0 Å². The Morgan fingerprint density at radius 1 is 0.423 bits per heavy atom. The third-order valence-electron chi connectivity index (χ3n) is 6.01. The Morgan fingerprint density at radius 3 is 1.08 bits per heavy atom. The van der Waals surface area contributed by atoms with E-state index in [4.69, 9.17) is 0 Å². The number of hydrogen-bond donors (Lipinski definition) is 0. The van der Waals surface area contributed by atoms with Crippen molar-refractivity contribution < 1.29 is 0 Å². The van der Waals surface area contributed by atoms with Gasteiger partial charge in [-0.15, -0.1) is 0 Å². The summed E-state index contributed by atoms with van der Waals surface area (Å²) in [6, 6.07) is 18.5. The lowest BCUT2D eigenvalue weighted by molar-refractivity contribution is 0.586. The number of hydrogen-bond acceptors (Lipinski definition) is 0. The van der Waals surface area contributed by atoms with Gasteiger partial charge in [0.25, 0.3) is 0 Å². The summed E-state index contributed by atoms with van der Waals surface area (Å²) in [6.07, 6.45) is 0. The van der Waals surface area contributed by atoms with E-state index in [1.54, 1.807) is 0 Å². The number of rotatable bonds is 0. The molecule has 1 aliphatic rings. The quantitative estimate of drug-likeness (QED) is 0.253. The van der Waals surface area contributed by atoms with Crippen LogP contribution in [0.4, 0.5) is 0 Å². The highest BCUT2D eigenvalue weighted by Gasteiger charge is 2.31. The first kappa shape index (κ1) is 15.9. The minimum absolute atomic E-state index is 0.116. The zero-order valence-corrected chi connectivity index (χ0v) is 16.6. The molecular weight excluding hydrogens is 312 g/mol. The molecule has 0 N–H and O–H groups in total. The lowest BCUT2D eigenvalue weighted by atomic mass is 9.76. The highest BCUT2D eigenvalue weighted by Crippen LogP contribution is 2.53. The van der Waals surface area contributed by atoms with Crippen LogP contribution < -0.4 is 0 Å².